The Balaban J connectivity index is 2.14. The Morgan fingerprint density at radius 3 is 2.50 bits per heavy atom. The highest BCUT2D eigenvalue weighted by atomic mass is 19.4. The van der Waals surface area contributed by atoms with Crippen molar-refractivity contribution in [2.75, 3.05) is 18.9 Å². The first-order valence-electron chi connectivity index (χ1n) is 6.22. The minimum Gasteiger partial charge on any atom is -0.399 e. The van der Waals surface area contributed by atoms with Crippen LogP contribution in [0.4, 0.5) is 18.9 Å². The summed E-state index contributed by atoms with van der Waals surface area (Å²) in [5.74, 6) is -0.547. The number of hydrogen-bond donors (Lipinski definition) is 2. The van der Waals surface area contributed by atoms with Crippen LogP contribution < -0.4 is 11.1 Å². The Bertz CT molecular complexity index is 497. The number of carbonyl (C=O) groups excluding carboxylic acids is 1. The maximum Gasteiger partial charge on any atom is 0.416 e. The van der Waals surface area contributed by atoms with Crippen molar-refractivity contribution in [3.8, 4) is 0 Å². The molecule has 1 saturated heterocycles. The average molecular weight is 288 g/mol. The quantitative estimate of drug-likeness (QED) is 0.820. The lowest BCUT2D eigenvalue weighted by molar-refractivity contribution is -0.137. The van der Waals surface area contributed by atoms with Crippen molar-refractivity contribution in [2.24, 2.45) is 0 Å². The van der Waals surface area contributed by atoms with Gasteiger partial charge in [-0.2, -0.15) is 13.2 Å². The second-order valence-electron chi connectivity index (χ2n) is 4.70. The third-order valence-electron chi connectivity index (χ3n) is 3.10. The number of carbonyl (C=O) groups is 1. The molecule has 0 saturated carbocycles. The van der Waals surface area contributed by atoms with Crippen LogP contribution in [-0.2, 0) is 10.9 Å². The largest absolute Gasteiger partial charge is 0.416 e. The van der Waals surface area contributed by atoms with Gasteiger partial charge in [-0.1, -0.05) is 0 Å². The number of rotatable bonds is 2. The molecule has 1 aromatic rings. The molecule has 4 nitrogen and oxygen atoms in total. The number of hydrogen-bond acceptors (Lipinski definition) is 3. The first-order chi connectivity index (χ1) is 9.36. The fourth-order valence-corrected chi connectivity index (χ4v) is 2.06. The van der Waals surface area contributed by atoms with E-state index in [0.29, 0.717) is 26.1 Å². The summed E-state index contributed by atoms with van der Waals surface area (Å²) in [4.78, 5) is 12.0. The lowest BCUT2D eigenvalue weighted by atomic mass is 10.1. The van der Waals surface area contributed by atoms with Gasteiger partial charge in [-0.3, -0.25) is 4.79 Å². The average Bonchev–Trinajstić information content (AvgIpc) is 2.38. The molecule has 1 aliphatic heterocycles. The molecule has 1 amide bonds. The maximum atomic E-state index is 12.7. The Morgan fingerprint density at radius 1 is 1.25 bits per heavy atom. The zero-order chi connectivity index (χ0) is 14.8. The molecule has 0 unspecified atom stereocenters. The molecule has 0 radical (unpaired) electrons. The summed E-state index contributed by atoms with van der Waals surface area (Å²) in [5.41, 5.74) is 4.34. The molecule has 3 N–H and O–H groups in total. The van der Waals surface area contributed by atoms with Gasteiger partial charge in [0, 0.05) is 30.5 Å². The molecular weight excluding hydrogens is 273 g/mol. The lowest BCUT2D eigenvalue weighted by Crippen LogP contribution is -2.39. The standard InChI is InChI=1S/C13H15F3N2O2/c14-13(15,16)9-5-8(6-10(17)7-9)12(19)18-11-1-3-20-4-2-11/h5-7,11H,1-4,17H2,(H,18,19). The molecule has 1 aliphatic rings. The van der Waals surface area contributed by atoms with E-state index in [4.69, 9.17) is 10.5 Å². The van der Waals surface area contributed by atoms with Gasteiger partial charge in [0.15, 0.2) is 0 Å². The van der Waals surface area contributed by atoms with E-state index in [0.717, 1.165) is 12.1 Å². The predicted octanol–water partition coefficient (Wildman–Crippen LogP) is 2.20. The van der Waals surface area contributed by atoms with Gasteiger partial charge in [0.2, 0.25) is 0 Å². The Morgan fingerprint density at radius 2 is 1.90 bits per heavy atom. The number of alkyl halides is 3. The summed E-state index contributed by atoms with van der Waals surface area (Å²) in [6, 6.07) is 2.78. The van der Waals surface area contributed by atoms with Crippen LogP contribution >= 0.6 is 0 Å². The van der Waals surface area contributed by atoms with E-state index < -0.39 is 17.6 Å². The van der Waals surface area contributed by atoms with Crippen LogP contribution in [0.2, 0.25) is 0 Å². The number of nitrogens with two attached hydrogens (primary N) is 1. The van der Waals surface area contributed by atoms with Gasteiger partial charge in [-0.05, 0) is 31.0 Å². The first kappa shape index (κ1) is 14.6. The fourth-order valence-electron chi connectivity index (χ4n) is 2.06. The highest BCUT2D eigenvalue weighted by Gasteiger charge is 2.31. The summed E-state index contributed by atoms with van der Waals surface area (Å²) in [6.07, 6.45) is -3.22. The number of benzene rings is 1. The van der Waals surface area contributed by atoms with Crippen molar-refractivity contribution in [3.05, 3.63) is 29.3 Å². The fraction of sp³-hybridized carbons (Fsp3) is 0.462. The molecule has 20 heavy (non-hydrogen) atoms. The summed E-state index contributed by atoms with van der Waals surface area (Å²) in [6.45, 7) is 1.07. The smallest absolute Gasteiger partial charge is 0.399 e. The van der Waals surface area contributed by atoms with E-state index in [9.17, 15) is 18.0 Å². The Labute approximate surface area is 114 Å². The second-order valence-corrected chi connectivity index (χ2v) is 4.70. The first-order valence-corrected chi connectivity index (χ1v) is 6.22. The molecular formula is C13H15F3N2O2. The van der Waals surface area contributed by atoms with Gasteiger partial charge in [0.1, 0.15) is 0 Å². The molecule has 0 aromatic heterocycles. The third kappa shape index (κ3) is 3.63. The van der Waals surface area contributed by atoms with Gasteiger partial charge in [-0.25, -0.2) is 0 Å². The van der Waals surface area contributed by atoms with E-state index in [1.807, 2.05) is 0 Å². The maximum absolute atomic E-state index is 12.7. The number of halogens is 3. The number of nitrogen functional groups attached to an aromatic ring is 1. The van der Waals surface area contributed by atoms with Crippen LogP contribution in [0.1, 0.15) is 28.8 Å². The van der Waals surface area contributed by atoms with Crippen molar-refractivity contribution in [1.82, 2.24) is 5.32 Å². The van der Waals surface area contributed by atoms with Crippen molar-refractivity contribution in [1.29, 1.82) is 0 Å². The minimum absolute atomic E-state index is 0.0768. The molecule has 0 bridgehead atoms. The monoisotopic (exact) mass is 288 g/mol. The van der Waals surface area contributed by atoms with Crippen LogP contribution in [-0.4, -0.2) is 25.2 Å². The van der Waals surface area contributed by atoms with E-state index >= 15 is 0 Å². The van der Waals surface area contributed by atoms with Crippen molar-refractivity contribution in [2.45, 2.75) is 25.1 Å². The molecule has 0 aliphatic carbocycles. The molecule has 1 fully saturated rings. The lowest BCUT2D eigenvalue weighted by Gasteiger charge is -2.23. The molecule has 7 heteroatoms. The van der Waals surface area contributed by atoms with E-state index in [-0.39, 0.29) is 17.3 Å². The number of nitrogens with one attached hydrogen (secondary N) is 1. The third-order valence-corrected chi connectivity index (χ3v) is 3.10. The van der Waals surface area contributed by atoms with E-state index in [2.05, 4.69) is 5.32 Å². The van der Waals surface area contributed by atoms with Crippen LogP contribution in [0.15, 0.2) is 18.2 Å². The Kier molecular flexibility index (Phi) is 4.17. The zero-order valence-electron chi connectivity index (χ0n) is 10.7. The second kappa shape index (κ2) is 5.70. The van der Waals surface area contributed by atoms with Gasteiger partial charge in [0.05, 0.1) is 5.56 Å². The van der Waals surface area contributed by atoms with E-state index in [1.165, 1.54) is 6.07 Å². The molecule has 2 rings (SSSR count). The van der Waals surface area contributed by atoms with Crippen LogP contribution in [0.3, 0.4) is 0 Å². The molecule has 1 heterocycles. The topological polar surface area (TPSA) is 64.4 Å². The zero-order valence-corrected chi connectivity index (χ0v) is 10.7. The SMILES string of the molecule is Nc1cc(C(=O)NC2CCOCC2)cc(C(F)(F)F)c1. The molecule has 1 aromatic carbocycles. The summed E-state index contributed by atoms with van der Waals surface area (Å²) in [5, 5.41) is 2.70. The molecule has 0 spiro atoms. The van der Waals surface area contributed by atoms with Gasteiger partial charge in [0.25, 0.3) is 5.91 Å². The van der Waals surface area contributed by atoms with Gasteiger partial charge >= 0.3 is 6.18 Å². The molecule has 110 valence electrons. The van der Waals surface area contributed by atoms with Crippen LogP contribution in [0, 0.1) is 0 Å². The summed E-state index contributed by atoms with van der Waals surface area (Å²) < 4.78 is 43.1. The molecule has 0 atom stereocenters. The summed E-state index contributed by atoms with van der Waals surface area (Å²) in [7, 11) is 0. The minimum atomic E-state index is -4.52. The Hall–Kier alpha value is -1.76. The van der Waals surface area contributed by atoms with E-state index in [1.54, 1.807) is 0 Å². The number of amides is 1. The summed E-state index contributed by atoms with van der Waals surface area (Å²) >= 11 is 0. The van der Waals surface area contributed by atoms with Gasteiger partial charge < -0.3 is 15.8 Å². The highest BCUT2D eigenvalue weighted by molar-refractivity contribution is 5.95. The van der Waals surface area contributed by atoms with Crippen molar-refractivity contribution >= 4 is 11.6 Å². The predicted molar refractivity (Wildman–Crippen MR) is 67.2 cm³/mol. The van der Waals surface area contributed by atoms with Crippen LogP contribution in [0.5, 0.6) is 0 Å². The highest BCUT2D eigenvalue weighted by Crippen LogP contribution is 2.31. The van der Waals surface area contributed by atoms with Crippen LogP contribution in [0.25, 0.3) is 0 Å². The van der Waals surface area contributed by atoms with Crippen molar-refractivity contribution < 1.29 is 22.7 Å². The number of ether oxygens (including phenoxy) is 1. The van der Waals surface area contributed by atoms with Crippen molar-refractivity contribution in [3.63, 3.8) is 0 Å². The van der Waals surface area contributed by atoms with Gasteiger partial charge in [-0.15, -0.1) is 0 Å². The normalized spacial score (nSPS) is 16.9. The number of anilines is 1.